The van der Waals surface area contributed by atoms with Gasteiger partial charge in [0.2, 0.25) is 5.91 Å². The summed E-state index contributed by atoms with van der Waals surface area (Å²) in [4.78, 5) is 24.5. The zero-order valence-corrected chi connectivity index (χ0v) is 14.0. The van der Waals surface area contributed by atoms with Gasteiger partial charge in [-0.15, -0.1) is 11.3 Å². The smallest absolute Gasteiger partial charge is 0.337 e. The van der Waals surface area contributed by atoms with Gasteiger partial charge in [0.1, 0.15) is 0 Å². The number of carbonyl (C=O) groups is 2. The van der Waals surface area contributed by atoms with E-state index in [2.05, 4.69) is 5.32 Å². The number of carboxylic acid groups (broad SMARTS) is 1. The molecule has 0 bridgehead atoms. The molecule has 5 heteroatoms. The topological polar surface area (TPSA) is 66.4 Å². The highest BCUT2D eigenvalue weighted by Crippen LogP contribution is 2.26. The SMILES string of the molecule is O=C(/C=C/c1cccs1)Nc1cc(-c2ccccc2)ccc1C(=O)O. The van der Waals surface area contributed by atoms with Gasteiger partial charge in [0, 0.05) is 11.0 Å². The minimum absolute atomic E-state index is 0.0533. The molecular formula is C20H15NO3S. The number of anilines is 1. The van der Waals surface area contributed by atoms with Crippen molar-refractivity contribution in [1.29, 1.82) is 0 Å². The number of rotatable bonds is 5. The summed E-state index contributed by atoms with van der Waals surface area (Å²) < 4.78 is 0. The molecule has 1 heterocycles. The Hall–Kier alpha value is -3.18. The molecule has 1 amide bonds. The fourth-order valence-electron chi connectivity index (χ4n) is 2.36. The van der Waals surface area contributed by atoms with E-state index in [0.717, 1.165) is 16.0 Å². The Morgan fingerprint density at radius 3 is 2.44 bits per heavy atom. The van der Waals surface area contributed by atoms with Crippen LogP contribution in [0.5, 0.6) is 0 Å². The second-order valence-electron chi connectivity index (χ2n) is 5.27. The monoisotopic (exact) mass is 349 g/mol. The van der Waals surface area contributed by atoms with Crippen LogP contribution in [0.3, 0.4) is 0 Å². The first kappa shape index (κ1) is 16.7. The molecule has 0 saturated heterocycles. The first-order valence-corrected chi connectivity index (χ1v) is 8.47. The fraction of sp³-hybridized carbons (Fsp3) is 0. The molecule has 0 saturated carbocycles. The summed E-state index contributed by atoms with van der Waals surface area (Å²) in [5.41, 5.74) is 2.11. The van der Waals surface area contributed by atoms with Crippen LogP contribution in [0.15, 0.2) is 72.1 Å². The molecular weight excluding hydrogens is 334 g/mol. The number of nitrogens with one attached hydrogen (secondary N) is 1. The van der Waals surface area contributed by atoms with Crippen LogP contribution in [0.2, 0.25) is 0 Å². The second-order valence-corrected chi connectivity index (χ2v) is 6.25. The molecule has 25 heavy (non-hydrogen) atoms. The summed E-state index contributed by atoms with van der Waals surface area (Å²) in [7, 11) is 0. The normalized spacial score (nSPS) is 10.7. The van der Waals surface area contributed by atoms with E-state index in [-0.39, 0.29) is 17.2 Å². The highest BCUT2D eigenvalue weighted by molar-refractivity contribution is 7.10. The van der Waals surface area contributed by atoms with Crippen LogP contribution in [0.1, 0.15) is 15.2 Å². The summed E-state index contributed by atoms with van der Waals surface area (Å²) in [6, 6.07) is 18.3. The molecule has 0 radical (unpaired) electrons. The lowest BCUT2D eigenvalue weighted by atomic mass is 10.0. The van der Waals surface area contributed by atoms with Crippen molar-refractivity contribution >= 4 is 35.0 Å². The van der Waals surface area contributed by atoms with Crippen molar-refractivity contribution in [3.05, 3.63) is 82.6 Å². The first-order chi connectivity index (χ1) is 12.1. The standard InChI is InChI=1S/C20H15NO3S/c22-19(11-9-16-7-4-12-25-16)21-18-13-15(8-10-17(18)20(23)24)14-5-2-1-3-6-14/h1-13H,(H,21,22)(H,23,24)/b11-9+. The molecule has 0 spiro atoms. The Kier molecular flexibility index (Phi) is 5.06. The summed E-state index contributed by atoms with van der Waals surface area (Å²) in [5.74, 6) is -1.46. The molecule has 2 N–H and O–H groups in total. The van der Waals surface area contributed by atoms with Gasteiger partial charge >= 0.3 is 5.97 Å². The van der Waals surface area contributed by atoms with E-state index in [4.69, 9.17) is 0 Å². The van der Waals surface area contributed by atoms with Gasteiger partial charge in [-0.05, 0) is 40.8 Å². The Balaban J connectivity index is 1.87. The second kappa shape index (κ2) is 7.59. The number of carboxylic acids is 1. The molecule has 0 aliphatic heterocycles. The third-order valence-corrected chi connectivity index (χ3v) is 4.39. The molecule has 4 nitrogen and oxygen atoms in total. The maximum atomic E-state index is 12.1. The Morgan fingerprint density at radius 1 is 0.960 bits per heavy atom. The zero-order valence-electron chi connectivity index (χ0n) is 13.2. The van der Waals surface area contributed by atoms with Crippen LogP contribution in [-0.2, 0) is 4.79 Å². The zero-order chi connectivity index (χ0) is 17.6. The largest absolute Gasteiger partial charge is 0.478 e. The molecule has 0 fully saturated rings. The lowest BCUT2D eigenvalue weighted by Crippen LogP contribution is -2.12. The van der Waals surface area contributed by atoms with Crippen LogP contribution in [0, 0.1) is 0 Å². The van der Waals surface area contributed by atoms with E-state index in [1.165, 1.54) is 23.5 Å². The number of hydrogen-bond donors (Lipinski definition) is 2. The van der Waals surface area contributed by atoms with Crippen LogP contribution in [0.4, 0.5) is 5.69 Å². The molecule has 0 aliphatic rings. The highest BCUT2D eigenvalue weighted by atomic mass is 32.1. The van der Waals surface area contributed by atoms with Gasteiger partial charge in [-0.1, -0.05) is 42.5 Å². The van der Waals surface area contributed by atoms with Crippen molar-refractivity contribution < 1.29 is 14.7 Å². The van der Waals surface area contributed by atoms with E-state index in [0.29, 0.717) is 0 Å². The number of hydrogen-bond acceptors (Lipinski definition) is 3. The van der Waals surface area contributed by atoms with Crippen molar-refractivity contribution in [2.24, 2.45) is 0 Å². The van der Waals surface area contributed by atoms with Gasteiger partial charge in [-0.3, -0.25) is 4.79 Å². The summed E-state index contributed by atoms with van der Waals surface area (Å²) in [5, 5.41) is 13.9. The van der Waals surface area contributed by atoms with Crippen LogP contribution >= 0.6 is 11.3 Å². The van der Waals surface area contributed by atoms with Gasteiger partial charge in [-0.25, -0.2) is 4.79 Å². The van der Waals surface area contributed by atoms with Gasteiger partial charge in [0.25, 0.3) is 0 Å². The first-order valence-electron chi connectivity index (χ1n) is 7.59. The van der Waals surface area contributed by atoms with E-state index in [9.17, 15) is 14.7 Å². The summed E-state index contributed by atoms with van der Waals surface area (Å²) >= 11 is 1.52. The molecule has 0 unspecified atom stereocenters. The average Bonchev–Trinajstić information content (AvgIpc) is 3.14. The average molecular weight is 349 g/mol. The predicted octanol–water partition coefficient (Wildman–Crippen LogP) is 4.77. The molecule has 124 valence electrons. The van der Waals surface area contributed by atoms with Crippen LogP contribution < -0.4 is 5.32 Å². The number of amides is 1. The predicted molar refractivity (Wildman–Crippen MR) is 101 cm³/mol. The van der Waals surface area contributed by atoms with Crippen LogP contribution in [-0.4, -0.2) is 17.0 Å². The van der Waals surface area contributed by atoms with Gasteiger partial charge in [-0.2, -0.15) is 0 Å². The van der Waals surface area contributed by atoms with E-state index < -0.39 is 5.97 Å². The van der Waals surface area contributed by atoms with Crippen molar-refractivity contribution in [2.45, 2.75) is 0 Å². The molecule has 2 aromatic carbocycles. The number of aromatic carboxylic acids is 1. The Labute approximate surface area is 149 Å². The Bertz CT molecular complexity index is 915. The van der Waals surface area contributed by atoms with Crippen molar-refractivity contribution in [3.8, 4) is 11.1 Å². The fourth-order valence-corrected chi connectivity index (χ4v) is 2.98. The van der Waals surface area contributed by atoms with Gasteiger partial charge in [0.15, 0.2) is 0 Å². The third-order valence-electron chi connectivity index (χ3n) is 3.56. The molecule has 3 aromatic rings. The summed E-state index contributed by atoms with van der Waals surface area (Å²) in [6.07, 6.45) is 3.09. The minimum atomic E-state index is -1.09. The molecule has 1 aromatic heterocycles. The highest BCUT2D eigenvalue weighted by Gasteiger charge is 2.13. The van der Waals surface area contributed by atoms with Crippen molar-refractivity contribution in [1.82, 2.24) is 0 Å². The maximum Gasteiger partial charge on any atom is 0.337 e. The molecule has 0 atom stereocenters. The number of thiophene rings is 1. The molecule has 0 aliphatic carbocycles. The van der Waals surface area contributed by atoms with E-state index in [1.807, 2.05) is 47.8 Å². The lowest BCUT2D eigenvalue weighted by molar-refractivity contribution is -0.111. The minimum Gasteiger partial charge on any atom is -0.478 e. The Morgan fingerprint density at radius 2 is 1.76 bits per heavy atom. The summed E-state index contributed by atoms with van der Waals surface area (Å²) in [6.45, 7) is 0. The third kappa shape index (κ3) is 4.22. The van der Waals surface area contributed by atoms with E-state index >= 15 is 0 Å². The quantitative estimate of drug-likeness (QED) is 0.652. The van der Waals surface area contributed by atoms with Crippen LogP contribution in [0.25, 0.3) is 17.2 Å². The van der Waals surface area contributed by atoms with E-state index in [1.54, 1.807) is 18.2 Å². The molecule has 3 rings (SSSR count). The van der Waals surface area contributed by atoms with Crippen molar-refractivity contribution in [3.63, 3.8) is 0 Å². The number of benzene rings is 2. The number of carbonyl (C=O) groups excluding carboxylic acids is 1. The van der Waals surface area contributed by atoms with Crippen molar-refractivity contribution in [2.75, 3.05) is 5.32 Å². The van der Waals surface area contributed by atoms with Gasteiger partial charge < -0.3 is 10.4 Å². The van der Waals surface area contributed by atoms with Gasteiger partial charge in [0.05, 0.1) is 11.3 Å². The maximum absolute atomic E-state index is 12.1. The lowest BCUT2D eigenvalue weighted by Gasteiger charge is -2.10.